The SMILES string of the molecule is COc1nccc(C(F)(F)F)c1-c1cccc(C(F)(F)F)c1. The number of rotatable bonds is 2. The van der Waals surface area contributed by atoms with Gasteiger partial charge in [0.2, 0.25) is 5.88 Å². The summed E-state index contributed by atoms with van der Waals surface area (Å²) >= 11 is 0. The molecule has 0 fully saturated rings. The maximum Gasteiger partial charge on any atom is 0.417 e. The van der Waals surface area contributed by atoms with Crippen LogP contribution in [0.15, 0.2) is 36.5 Å². The highest BCUT2D eigenvalue weighted by Crippen LogP contribution is 2.42. The van der Waals surface area contributed by atoms with E-state index in [1.54, 1.807) is 0 Å². The van der Waals surface area contributed by atoms with Gasteiger partial charge in [0.05, 0.1) is 23.8 Å². The molecule has 118 valence electrons. The predicted molar refractivity (Wildman–Crippen MR) is 66.2 cm³/mol. The van der Waals surface area contributed by atoms with E-state index < -0.39 is 34.9 Å². The molecule has 0 unspecified atom stereocenters. The van der Waals surface area contributed by atoms with Gasteiger partial charge < -0.3 is 4.74 Å². The fourth-order valence-corrected chi connectivity index (χ4v) is 1.96. The lowest BCUT2D eigenvalue weighted by Gasteiger charge is -2.16. The quantitative estimate of drug-likeness (QED) is 0.742. The van der Waals surface area contributed by atoms with Gasteiger partial charge >= 0.3 is 12.4 Å². The van der Waals surface area contributed by atoms with Gasteiger partial charge in [0, 0.05) is 6.20 Å². The standard InChI is InChI=1S/C14H9F6NO/c1-22-12-11(10(5-6-21-12)14(18,19)20)8-3-2-4-9(7-8)13(15,16)17/h2-7H,1H3. The van der Waals surface area contributed by atoms with Gasteiger partial charge in [0.15, 0.2) is 0 Å². The average molecular weight is 321 g/mol. The summed E-state index contributed by atoms with van der Waals surface area (Å²) in [6.07, 6.45) is -8.53. The van der Waals surface area contributed by atoms with E-state index in [9.17, 15) is 26.3 Å². The molecule has 0 N–H and O–H groups in total. The van der Waals surface area contributed by atoms with Gasteiger partial charge in [-0.25, -0.2) is 4.98 Å². The summed E-state index contributed by atoms with van der Waals surface area (Å²) in [5.41, 5.74) is -2.96. The van der Waals surface area contributed by atoms with Crippen LogP contribution in [0.2, 0.25) is 0 Å². The number of nitrogens with zero attached hydrogens (tertiary/aromatic N) is 1. The fraction of sp³-hybridized carbons (Fsp3) is 0.214. The van der Waals surface area contributed by atoms with Crippen LogP contribution in [0, 0.1) is 0 Å². The van der Waals surface area contributed by atoms with Crippen LogP contribution in [0.25, 0.3) is 11.1 Å². The summed E-state index contributed by atoms with van der Waals surface area (Å²) in [7, 11) is 1.10. The largest absolute Gasteiger partial charge is 0.481 e. The lowest BCUT2D eigenvalue weighted by molar-refractivity contribution is -0.137. The van der Waals surface area contributed by atoms with E-state index in [2.05, 4.69) is 4.98 Å². The number of hydrogen-bond donors (Lipinski definition) is 0. The number of hydrogen-bond acceptors (Lipinski definition) is 2. The minimum absolute atomic E-state index is 0.271. The lowest BCUT2D eigenvalue weighted by atomic mass is 9.99. The summed E-state index contributed by atoms with van der Waals surface area (Å²) in [5.74, 6) is -0.394. The van der Waals surface area contributed by atoms with Crippen molar-refractivity contribution in [2.24, 2.45) is 0 Å². The molecule has 8 heteroatoms. The van der Waals surface area contributed by atoms with Gasteiger partial charge in [-0.2, -0.15) is 26.3 Å². The summed E-state index contributed by atoms with van der Waals surface area (Å²) in [5, 5.41) is 0. The lowest BCUT2D eigenvalue weighted by Crippen LogP contribution is -2.10. The van der Waals surface area contributed by atoms with Crippen LogP contribution in [-0.2, 0) is 12.4 Å². The average Bonchev–Trinajstić information content (AvgIpc) is 2.44. The Morgan fingerprint density at radius 3 is 2.18 bits per heavy atom. The second kappa shape index (κ2) is 5.51. The molecular formula is C14H9F6NO. The smallest absolute Gasteiger partial charge is 0.417 e. The maximum absolute atomic E-state index is 13.1. The van der Waals surface area contributed by atoms with E-state index in [1.807, 2.05) is 0 Å². The number of halogens is 6. The Balaban J connectivity index is 2.71. The molecule has 0 aliphatic rings. The molecule has 0 aliphatic heterocycles. The molecule has 0 radical (unpaired) electrons. The number of benzene rings is 1. The van der Waals surface area contributed by atoms with Crippen LogP contribution in [0.1, 0.15) is 11.1 Å². The summed E-state index contributed by atoms with van der Waals surface area (Å²) < 4.78 is 82.2. The molecule has 2 aromatic rings. The topological polar surface area (TPSA) is 22.1 Å². The van der Waals surface area contributed by atoms with Crippen molar-refractivity contribution in [1.29, 1.82) is 0 Å². The van der Waals surface area contributed by atoms with Crippen LogP contribution >= 0.6 is 0 Å². The third-order valence-corrected chi connectivity index (χ3v) is 2.89. The molecule has 0 aliphatic carbocycles. The van der Waals surface area contributed by atoms with Crippen molar-refractivity contribution in [3.8, 4) is 17.0 Å². The minimum atomic E-state index is -4.75. The fourth-order valence-electron chi connectivity index (χ4n) is 1.96. The summed E-state index contributed by atoms with van der Waals surface area (Å²) in [4.78, 5) is 3.64. The highest BCUT2D eigenvalue weighted by Gasteiger charge is 2.36. The maximum atomic E-state index is 13.1. The molecule has 1 aromatic carbocycles. The second-order valence-corrected chi connectivity index (χ2v) is 4.32. The van der Waals surface area contributed by atoms with E-state index in [0.717, 1.165) is 31.5 Å². The molecule has 0 saturated heterocycles. The third-order valence-electron chi connectivity index (χ3n) is 2.89. The predicted octanol–water partition coefficient (Wildman–Crippen LogP) is 4.79. The highest BCUT2D eigenvalue weighted by atomic mass is 19.4. The molecule has 0 spiro atoms. The molecular weight excluding hydrogens is 312 g/mol. The molecule has 2 rings (SSSR count). The Morgan fingerprint density at radius 2 is 1.64 bits per heavy atom. The first-order valence-electron chi connectivity index (χ1n) is 5.92. The summed E-state index contributed by atoms with van der Waals surface area (Å²) in [6, 6.07) is 4.28. The highest BCUT2D eigenvalue weighted by molar-refractivity contribution is 5.73. The Labute approximate surface area is 121 Å². The first-order chi connectivity index (χ1) is 10.1. The van der Waals surface area contributed by atoms with Crippen molar-refractivity contribution >= 4 is 0 Å². The van der Waals surface area contributed by atoms with Crippen LogP contribution in [0.5, 0.6) is 5.88 Å². The van der Waals surface area contributed by atoms with Crippen LogP contribution in [0.4, 0.5) is 26.3 Å². The Kier molecular flexibility index (Phi) is 4.04. The number of methoxy groups -OCH3 is 1. The molecule has 0 bridgehead atoms. The minimum Gasteiger partial charge on any atom is -0.481 e. The molecule has 0 saturated carbocycles. The monoisotopic (exact) mass is 321 g/mol. The number of aromatic nitrogens is 1. The van der Waals surface area contributed by atoms with Gasteiger partial charge in [0.25, 0.3) is 0 Å². The van der Waals surface area contributed by atoms with E-state index in [0.29, 0.717) is 12.1 Å². The zero-order valence-corrected chi connectivity index (χ0v) is 11.1. The van der Waals surface area contributed by atoms with Crippen molar-refractivity contribution < 1.29 is 31.1 Å². The molecule has 0 amide bonds. The van der Waals surface area contributed by atoms with Gasteiger partial charge in [-0.1, -0.05) is 12.1 Å². The number of ether oxygens (including phenoxy) is 1. The van der Waals surface area contributed by atoms with E-state index in [1.165, 1.54) is 0 Å². The van der Waals surface area contributed by atoms with Crippen LogP contribution < -0.4 is 4.74 Å². The molecule has 1 heterocycles. The van der Waals surface area contributed by atoms with Crippen molar-refractivity contribution in [3.63, 3.8) is 0 Å². The Bertz CT molecular complexity index is 678. The second-order valence-electron chi connectivity index (χ2n) is 4.32. The molecule has 1 aromatic heterocycles. The van der Waals surface area contributed by atoms with Gasteiger partial charge in [-0.15, -0.1) is 0 Å². The zero-order chi connectivity index (χ0) is 16.5. The van der Waals surface area contributed by atoms with Crippen LogP contribution in [0.3, 0.4) is 0 Å². The van der Waals surface area contributed by atoms with Crippen molar-refractivity contribution in [3.05, 3.63) is 47.7 Å². The zero-order valence-electron chi connectivity index (χ0n) is 11.1. The summed E-state index contributed by atoms with van der Waals surface area (Å²) in [6.45, 7) is 0. The number of pyridine rings is 1. The third kappa shape index (κ3) is 3.15. The van der Waals surface area contributed by atoms with Crippen molar-refractivity contribution in [2.45, 2.75) is 12.4 Å². The molecule has 2 nitrogen and oxygen atoms in total. The first kappa shape index (κ1) is 16.1. The first-order valence-corrected chi connectivity index (χ1v) is 5.92. The number of alkyl halides is 6. The normalized spacial score (nSPS) is 12.3. The van der Waals surface area contributed by atoms with E-state index >= 15 is 0 Å². The van der Waals surface area contributed by atoms with Gasteiger partial charge in [-0.3, -0.25) is 0 Å². The van der Waals surface area contributed by atoms with E-state index in [4.69, 9.17) is 4.74 Å². The molecule has 22 heavy (non-hydrogen) atoms. The van der Waals surface area contributed by atoms with Crippen LogP contribution in [-0.4, -0.2) is 12.1 Å². The van der Waals surface area contributed by atoms with Crippen molar-refractivity contribution in [2.75, 3.05) is 7.11 Å². The van der Waals surface area contributed by atoms with Crippen molar-refractivity contribution in [1.82, 2.24) is 4.98 Å². The van der Waals surface area contributed by atoms with Gasteiger partial charge in [-0.05, 0) is 23.8 Å². The Morgan fingerprint density at radius 1 is 0.955 bits per heavy atom. The molecule has 0 atom stereocenters. The van der Waals surface area contributed by atoms with E-state index in [-0.39, 0.29) is 5.56 Å². The van der Waals surface area contributed by atoms with Gasteiger partial charge in [0.1, 0.15) is 0 Å². The Hall–Kier alpha value is -2.25.